The van der Waals surface area contributed by atoms with Crippen molar-refractivity contribution in [1.82, 2.24) is 4.90 Å². The number of hydrogen-bond donors (Lipinski definition) is 0. The molecule has 1 nitrogen and oxygen atoms in total. The molecule has 0 spiro atoms. The van der Waals surface area contributed by atoms with Crippen molar-refractivity contribution >= 4 is 0 Å². The van der Waals surface area contributed by atoms with Crippen LogP contribution in [0, 0.1) is 0 Å². The second kappa shape index (κ2) is 25.9. The van der Waals surface area contributed by atoms with Crippen LogP contribution < -0.4 is 0 Å². The summed E-state index contributed by atoms with van der Waals surface area (Å²) < 4.78 is 24.1. The van der Waals surface area contributed by atoms with Crippen molar-refractivity contribution in [1.29, 1.82) is 0 Å². The quantitative estimate of drug-likeness (QED) is 0.411. The molecular formula is C16H35F2N. The van der Waals surface area contributed by atoms with Crippen molar-refractivity contribution in [2.75, 3.05) is 7.05 Å². The van der Waals surface area contributed by atoms with Gasteiger partial charge in [0.1, 0.15) is 0 Å². The minimum Gasteiger partial charge on any atom is -0.325 e. The molecule has 0 N–H and O–H groups in total. The molecule has 3 heteroatoms. The highest BCUT2D eigenvalue weighted by molar-refractivity contribution is 5.14. The number of unbranched alkanes of at least 4 members (excludes halogenated alkanes) is 1. The van der Waals surface area contributed by atoms with Crippen LogP contribution in [-0.4, -0.2) is 18.5 Å². The largest absolute Gasteiger partial charge is 0.325 e. The van der Waals surface area contributed by atoms with Crippen molar-refractivity contribution in [3.63, 3.8) is 0 Å². The van der Waals surface area contributed by atoms with Crippen LogP contribution in [0.1, 0.15) is 68.2 Å². The van der Waals surface area contributed by atoms with Crippen molar-refractivity contribution < 1.29 is 8.78 Å². The summed E-state index contributed by atoms with van der Waals surface area (Å²) >= 11 is 0. The number of allylic oxidation sites excluding steroid dienone is 3. The fourth-order valence-corrected chi connectivity index (χ4v) is 0.856. The molecule has 0 radical (unpaired) electrons. The van der Waals surface area contributed by atoms with Gasteiger partial charge in [-0.3, -0.25) is 0 Å². The second-order valence-corrected chi connectivity index (χ2v) is 3.01. The fourth-order valence-electron chi connectivity index (χ4n) is 0.856. The Morgan fingerprint density at radius 3 is 1.79 bits per heavy atom. The number of hydrogen-bond acceptors (Lipinski definition) is 1. The van der Waals surface area contributed by atoms with Crippen LogP contribution in [0.3, 0.4) is 0 Å². The molecule has 19 heavy (non-hydrogen) atoms. The van der Waals surface area contributed by atoms with Gasteiger partial charge in [0, 0.05) is 13.2 Å². The molecule has 0 aromatic rings. The van der Waals surface area contributed by atoms with E-state index in [4.69, 9.17) is 0 Å². The van der Waals surface area contributed by atoms with Crippen molar-refractivity contribution in [2.24, 2.45) is 0 Å². The predicted octanol–water partition coefficient (Wildman–Crippen LogP) is 6.48. The molecule has 0 unspecified atom stereocenters. The van der Waals surface area contributed by atoms with Crippen molar-refractivity contribution in [2.45, 2.75) is 74.8 Å². The molecule has 0 atom stereocenters. The Kier molecular flexibility index (Phi) is 36.3. The van der Waals surface area contributed by atoms with Crippen LogP contribution in [0.15, 0.2) is 23.9 Å². The van der Waals surface area contributed by atoms with E-state index in [1.54, 1.807) is 0 Å². The summed E-state index contributed by atoms with van der Waals surface area (Å²) in [4.78, 5) is 0.894. The molecule has 0 fully saturated rings. The third kappa shape index (κ3) is 26.7. The molecule has 0 saturated carbocycles. The van der Waals surface area contributed by atoms with E-state index in [1.807, 2.05) is 60.6 Å². The van der Waals surface area contributed by atoms with E-state index in [9.17, 15) is 8.78 Å². The third-order valence-corrected chi connectivity index (χ3v) is 1.55. The highest BCUT2D eigenvalue weighted by Crippen LogP contribution is 2.04. The van der Waals surface area contributed by atoms with Gasteiger partial charge >= 0.3 is 6.55 Å². The zero-order valence-electron chi connectivity index (χ0n) is 14.4. The van der Waals surface area contributed by atoms with Gasteiger partial charge < -0.3 is 4.90 Å². The lowest BCUT2D eigenvalue weighted by atomic mass is 10.2. The van der Waals surface area contributed by atoms with Gasteiger partial charge in [-0.2, -0.15) is 8.78 Å². The lowest BCUT2D eigenvalue weighted by Crippen LogP contribution is -2.17. The SMILES string of the molecule is CC.CC.CC.CCC/C=C/C(C)=C\N(C)C(F)F. The molecule has 0 rings (SSSR count). The summed E-state index contributed by atoms with van der Waals surface area (Å²) in [6.45, 7) is 13.5. The number of nitrogens with zero attached hydrogens (tertiary/aromatic N) is 1. The van der Waals surface area contributed by atoms with E-state index in [0.717, 1.165) is 23.3 Å². The Morgan fingerprint density at radius 2 is 1.47 bits per heavy atom. The van der Waals surface area contributed by atoms with Gasteiger partial charge in [-0.1, -0.05) is 67.0 Å². The molecule has 0 saturated heterocycles. The van der Waals surface area contributed by atoms with Crippen molar-refractivity contribution in [3.05, 3.63) is 23.9 Å². The summed E-state index contributed by atoms with van der Waals surface area (Å²) in [5, 5.41) is 0. The molecule has 0 aromatic carbocycles. The third-order valence-electron chi connectivity index (χ3n) is 1.55. The van der Waals surface area contributed by atoms with Crippen LogP contribution in [-0.2, 0) is 0 Å². The molecule has 118 valence electrons. The van der Waals surface area contributed by atoms with Crippen molar-refractivity contribution in [3.8, 4) is 0 Å². The lowest BCUT2D eigenvalue weighted by Gasteiger charge is -2.12. The van der Waals surface area contributed by atoms with Gasteiger partial charge in [0.25, 0.3) is 0 Å². The summed E-state index contributed by atoms with van der Waals surface area (Å²) in [5.74, 6) is 0. The maximum atomic E-state index is 12.0. The van der Waals surface area contributed by atoms with E-state index in [-0.39, 0.29) is 0 Å². The first-order chi connectivity index (χ1) is 9.07. The summed E-state index contributed by atoms with van der Waals surface area (Å²) in [6.07, 6.45) is 7.36. The standard InChI is InChI=1S/C10H17F2N.3C2H6/c1-4-5-6-7-9(2)8-13(3)10(11)12;3*1-2/h6-8,10H,4-5H2,1-3H3;3*1-2H3/b7-6+,9-8-;;;. The number of alkyl halides is 2. The van der Waals surface area contributed by atoms with Gasteiger partial charge in [-0.25, -0.2) is 0 Å². The monoisotopic (exact) mass is 279 g/mol. The molecule has 0 aliphatic carbocycles. The van der Waals surface area contributed by atoms with E-state index in [2.05, 4.69) is 6.92 Å². The minimum atomic E-state index is -2.42. The average molecular weight is 279 g/mol. The molecule has 0 aliphatic rings. The Bertz CT molecular complexity index is 187. The highest BCUT2D eigenvalue weighted by atomic mass is 19.3. The Morgan fingerprint density at radius 1 is 1.05 bits per heavy atom. The molecule has 0 heterocycles. The summed E-state index contributed by atoms with van der Waals surface area (Å²) in [5.41, 5.74) is 0.844. The van der Waals surface area contributed by atoms with Crippen LogP contribution in [0.2, 0.25) is 0 Å². The lowest BCUT2D eigenvalue weighted by molar-refractivity contribution is 0.0223. The van der Waals surface area contributed by atoms with Gasteiger partial charge in [-0.15, -0.1) is 0 Å². The summed E-state index contributed by atoms with van der Waals surface area (Å²) in [7, 11) is 1.36. The predicted molar refractivity (Wildman–Crippen MR) is 85.6 cm³/mol. The second-order valence-electron chi connectivity index (χ2n) is 3.01. The van der Waals surface area contributed by atoms with E-state index in [1.165, 1.54) is 13.2 Å². The normalized spacial score (nSPS) is 9.79. The molecule has 0 bridgehead atoms. The van der Waals surface area contributed by atoms with Gasteiger partial charge in [0.2, 0.25) is 0 Å². The molecule has 0 aliphatic heterocycles. The number of halogens is 2. The van der Waals surface area contributed by atoms with E-state index >= 15 is 0 Å². The smallest absolute Gasteiger partial charge is 0.314 e. The van der Waals surface area contributed by atoms with Gasteiger partial charge in [0.05, 0.1) is 0 Å². The Labute approximate surface area is 120 Å². The first-order valence-electron chi connectivity index (χ1n) is 7.43. The zero-order valence-corrected chi connectivity index (χ0v) is 14.4. The zero-order chi connectivity index (χ0) is 16.3. The fraction of sp³-hybridized carbons (Fsp3) is 0.750. The van der Waals surface area contributed by atoms with Crippen LogP contribution >= 0.6 is 0 Å². The maximum Gasteiger partial charge on any atom is 0.314 e. The molecular weight excluding hydrogens is 244 g/mol. The van der Waals surface area contributed by atoms with E-state index < -0.39 is 6.55 Å². The molecule has 0 amide bonds. The minimum absolute atomic E-state index is 0.844. The van der Waals surface area contributed by atoms with Crippen LogP contribution in [0.4, 0.5) is 8.78 Å². The van der Waals surface area contributed by atoms with Gasteiger partial charge in [-0.05, 0) is 18.9 Å². The van der Waals surface area contributed by atoms with Gasteiger partial charge in [0.15, 0.2) is 0 Å². The maximum absolute atomic E-state index is 12.0. The number of rotatable bonds is 5. The van der Waals surface area contributed by atoms with E-state index in [0.29, 0.717) is 0 Å². The highest BCUT2D eigenvalue weighted by Gasteiger charge is 2.04. The topological polar surface area (TPSA) is 3.24 Å². The Hall–Kier alpha value is -0.860. The Balaban J connectivity index is -0.000000163. The molecule has 0 aromatic heterocycles. The summed E-state index contributed by atoms with van der Waals surface area (Å²) in [6, 6.07) is 0. The average Bonchev–Trinajstić information content (AvgIpc) is 2.45. The van der Waals surface area contributed by atoms with Crippen LogP contribution in [0.5, 0.6) is 0 Å². The first kappa shape index (κ1) is 26.7. The first-order valence-corrected chi connectivity index (χ1v) is 7.43. The van der Waals surface area contributed by atoms with Crippen LogP contribution in [0.25, 0.3) is 0 Å².